The number of nitrogens with one attached hydrogen (secondary N) is 1. The Bertz CT molecular complexity index is 355. The highest BCUT2D eigenvalue weighted by molar-refractivity contribution is 5.73. The third kappa shape index (κ3) is 7.00. The van der Waals surface area contributed by atoms with Crippen LogP contribution in [0.1, 0.15) is 39.5 Å². The van der Waals surface area contributed by atoms with Gasteiger partial charge in [0.15, 0.2) is 6.29 Å². The summed E-state index contributed by atoms with van der Waals surface area (Å²) in [4.78, 5) is 11.3. The topological polar surface area (TPSA) is 117 Å². The van der Waals surface area contributed by atoms with Crippen LogP contribution in [0.4, 0.5) is 0 Å². The second-order valence-electron chi connectivity index (χ2n) is 5.98. The van der Waals surface area contributed by atoms with Crippen molar-refractivity contribution in [3.05, 3.63) is 0 Å². The Morgan fingerprint density at radius 2 is 1.88 bits per heavy atom. The van der Waals surface area contributed by atoms with E-state index in [4.69, 9.17) is 14.2 Å². The van der Waals surface area contributed by atoms with Crippen molar-refractivity contribution >= 4 is 5.91 Å². The van der Waals surface area contributed by atoms with Crippen molar-refractivity contribution < 1.29 is 34.3 Å². The molecule has 1 fully saturated rings. The normalized spacial score (nSPS) is 30.3. The first-order chi connectivity index (χ1) is 11.5. The van der Waals surface area contributed by atoms with Crippen molar-refractivity contribution in [2.75, 3.05) is 26.4 Å². The number of rotatable bonds is 11. The molecule has 1 aliphatic heterocycles. The standard InChI is InChI=1S/C16H31NO7/c1-3-4-5-6-7-22-8-9-23-16-13(17-11(2)19)15(21)14(20)12(10-18)24-16/h12-16,18,20-21H,3-10H2,1-2H3,(H,17,19)/t12-,13-,14-,15-,16?/m1/s1. The van der Waals surface area contributed by atoms with Gasteiger partial charge < -0.3 is 34.8 Å². The first-order valence-electron chi connectivity index (χ1n) is 8.60. The molecule has 0 aromatic heterocycles. The number of hydrogen-bond acceptors (Lipinski definition) is 7. The van der Waals surface area contributed by atoms with Crippen LogP contribution in [0.25, 0.3) is 0 Å². The van der Waals surface area contributed by atoms with Crippen molar-refractivity contribution in [1.29, 1.82) is 0 Å². The van der Waals surface area contributed by atoms with Crippen LogP contribution in [0.5, 0.6) is 0 Å². The third-order valence-corrected chi connectivity index (χ3v) is 3.90. The lowest BCUT2D eigenvalue weighted by Gasteiger charge is -2.42. The minimum atomic E-state index is -1.30. The fourth-order valence-electron chi connectivity index (χ4n) is 2.57. The van der Waals surface area contributed by atoms with Crippen molar-refractivity contribution in [1.82, 2.24) is 5.32 Å². The average Bonchev–Trinajstić information content (AvgIpc) is 2.55. The van der Waals surface area contributed by atoms with Crippen LogP contribution in [-0.2, 0) is 19.0 Å². The van der Waals surface area contributed by atoms with Gasteiger partial charge in [-0.15, -0.1) is 0 Å². The predicted molar refractivity (Wildman–Crippen MR) is 86.3 cm³/mol. The molecule has 1 heterocycles. The number of unbranched alkanes of at least 4 members (excludes halogenated alkanes) is 3. The molecule has 0 radical (unpaired) electrons. The van der Waals surface area contributed by atoms with Gasteiger partial charge in [0, 0.05) is 13.5 Å². The highest BCUT2D eigenvalue weighted by atomic mass is 16.7. The fourth-order valence-corrected chi connectivity index (χ4v) is 2.57. The lowest BCUT2D eigenvalue weighted by Crippen LogP contribution is -2.64. The van der Waals surface area contributed by atoms with Crippen molar-refractivity contribution in [3.63, 3.8) is 0 Å². The molecule has 142 valence electrons. The molecule has 5 atom stereocenters. The van der Waals surface area contributed by atoms with Crippen LogP contribution in [0.3, 0.4) is 0 Å². The largest absolute Gasteiger partial charge is 0.394 e. The van der Waals surface area contributed by atoms with Gasteiger partial charge in [0.25, 0.3) is 0 Å². The molecule has 0 aromatic carbocycles. The van der Waals surface area contributed by atoms with Gasteiger partial charge in [-0.25, -0.2) is 0 Å². The Kier molecular flexibility index (Phi) is 10.4. The van der Waals surface area contributed by atoms with E-state index in [1.807, 2.05) is 0 Å². The van der Waals surface area contributed by atoms with Crippen LogP contribution in [0.15, 0.2) is 0 Å². The number of aliphatic hydroxyl groups excluding tert-OH is 3. The molecule has 1 amide bonds. The SMILES string of the molecule is CCCCCCOCCOC1O[C@H](CO)[C@@H](O)[C@H](O)[C@H]1NC(C)=O. The Labute approximate surface area is 143 Å². The number of aliphatic hydroxyl groups is 3. The number of ether oxygens (including phenoxy) is 3. The summed E-state index contributed by atoms with van der Waals surface area (Å²) in [6.07, 6.45) is -0.0288. The van der Waals surface area contributed by atoms with Crippen LogP contribution in [0, 0.1) is 0 Å². The van der Waals surface area contributed by atoms with Crippen LogP contribution >= 0.6 is 0 Å². The van der Waals surface area contributed by atoms with E-state index >= 15 is 0 Å². The summed E-state index contributed by atoms with van der Waals surface area (Å²) in [5, 5.41) is 31.7. The van der Waals surface area contributed by atoms with E-state index in [0.717, 1.165) is 12.8 Å². The molecule has 4 N–H and O–H groups in total. The van der Waals surface area contributed by atoms with E-state index < -0.39 is 37.3 Å². The summed E-state index contributed by atoms with van der Waals surface area (Å²) in [7, 11) is 0. The third-order valence-electron chi connectivity index (χ3n) is 3.90. The van der Waals surface area contributed by atoms with Crippen LogP contribution in [0.2, 0.25) is 0 Å². The molecule has 1 aliphatic rings. The molecule has 8 heteroatoms. The zero-order valence-corrected chi connectivity index (χ0v) is 14.5. The molecule has 0 spiro atoms. The summed E-state index contributed by atoms with van der Waals surface area (Å²) in [5.74, 6) is -0.377. The van der Waals surface area contributed by atoms with Crippen LogP contribution in [-0.4, -0.2) is 78.3 Å². The maximum absolute atomic E-state index is 11.3. The summed E-state index contributed by atoms with van der Waals surface area (Å²) in [6.45, 7) is 4.23. The highest BCUT2D eigenvalue weighted by Crippen LogP contribution is 2.22. The smallest absolute Gasteiger partial charge is 0.217 e. The fraction of sp³-hybridized carbons (Fsp3) is 0.938. The molecule has 8 nitrogen and oxygen atoms in total. The lowest BCUT2D eigenvalue weighted by atomic mass is 9.97. The summed E-state index contributed by atoms with van der Waals surface area (Å²) in [6, 6.07) is -0.912. The molecule has 24 heavy (non-hydrogen) atoms. The molecule has 0 aromatic rings. The first kappa shape index (κ1) is 21.3. The van der Waals surface area contributed by atoms with Gasteiger partial charge in [-0.05, 0) is 6.42 Å². The lowest BCUT2D eigenvalue weighted by molar-refractivity contribution is -0.272. The Morgan fingerprint density at radius 1 is 1.12 bits per heavy atom. The van der Waals surface area contributed by atoms with Gasteiger partial charge in [-0.1, -0.05) is 26.2 Å². The minimum absolute atomic E-state index is 0.218. The van der Waals surface area contributed by atoms with E-state index in [-0.39, 0.29) is 12.5 Å². The van der Waals surface area contributed by atoms with Crippen molar-refractivity contribution in [2.45, 2.75) is 70.2 Å². The summed E-state index contributed by atoms with van der Waals surface area (Å²) < 4.78 is 16.4. The zero-order valence-electron chi connectivity index (χ0n) is 14.5. The predicted octanol–water partition coefficient (Wildman–Crippen LogP) is -0.456. The van der Waals surface area contributed by atoms with Crippen molar-refractivity contribution in [3.8, 4) is 0 Å². The minimum Gasteiger partial charge on any atom is -0.394 e. The number of carbonyl (C=O) groups excluding carboxylic acids is 1. The first-order valence-corrected chi connectivity index (χ1v) is 8.60. The van der Waals surface area contributed by atoms with Crippen LogP contribution < -0.4 is 5.32 Å². The van der Waals surface area contributed by atoms with E-state index in [9.17, 15) is 20.1 Å². The van der Waals surface area contributed by atoms with Gasteiger partial charge in [0.1, 0.15) is 24.4 Å². The number of hydrogen-bond donors (Lipinski definition) is 4. The molecular weight excluding hydrogens is 318 g/mol. The average molecular weight is 349 g/mol. The van der Waals surface area contributed by atoms with Gasteiger partial charge in [-0.3, -0.25) is 4.79 Å². The van der Waals surface area contributed by atoms with Gasteiger partial charge in [0.2, 0.25) is 5.91 Å². The number of carbonyl (C=O) groups is 1. The Morgan fingerprint density at radius 3 is 2.50 bits per heavy atom. The molecule has 1 unspecified atom stereocenters. The van der Waals surface area contributed by atoms with Gasteiger partial charge in [0.05, 0.1) is 19.8 Å². The van der Waals surface area contributed by atoms with E-state index in [2.05, 4.69) is 12.2 Å². The van der Waals surface area contributed by atoms with E-state index in [1.165, 1.54) is 19.8 Å². The molecule has 0 aliphatic carbocycles. The quantitative estimate of drug-likeness (QED) is 0.373. The van der Waals surface area contributed by atoms with Crippen molar-refractivity contribution in [2.24, 2.45) is 0 Å². The molecule has 0 saturated carbocycles. The second kappa shape index (κ2) is 11.7. The van der Waals surface area contributed by atoms with Gasteiger partial charge >= 0.3 is 0 Å². The summed E-state index contributed by atoms with van der Waals surface area (Å²) in [5.41, 5.74) is 0. The zero-order chi connectivity index (χ0) is 17.9. The monoisotopic (exact) mass is 349 g/mol. The second-order valence-corrected chi connectivity index (χ2v) is 5.98. The maximum atomic E-state index is 11.3. The number of amides is 1. The van der Waals surface area contributed by atoms with E-state index in [1.54, 1.807) is 0 Å². The Hall–Kier alpha value is -0.770. The van der Waals surface area contributed by atoms with Gasteiger partial charge in [-0.2, -0.15) is 0 Å². The molecular formula is C16H31NO7. The summed E-state index contributed by atoms with van der Waals surface area (Å²) >= 11 is 0. The Balaban J connectivity index is 2.39. The van der Waals surface area contributed by atoms with E-state index in [0.29, 0.717) is 13.2 Å². The highest BCUT2D eigenvalue weighted by Gasteiger charge is 2.45. The maximum Gasteiger partial charge on any atom is 0.217 e. The molecule has 1 rings (SSSR count). The molecule has 0 bridgehead atoms. The molecule has 1 saturated heterocycles.